The largest absolute Gasteiger partial charge is 2.00 e. The summed E-state index contributed by atoms with van der Waals surface area (Å²) < 4.78 is 0. The van der Waals surface area contributed by atoms with Crippen LogP contribution in [0.5, 0.6) is 0 Å². The first-order chi connectivity index (χ1) is 1.73. The molecule has 0 aromatic heterocycles. The molecule has 0 aromatic carbocycles. The van der Waals surface area contributed by atoms with E-state index in [9.17, 15) is 0 Å². The molecule has 0 spiro atoms. The van der Waals surface area contributed by atoms with Gasteiger partial charge in [0.15, 0.2) is 0 Å². The summed E-state index contributed by atoms with van der Waals surface area (Å²) in [5.41, 5.74) is 0. The minimum absolute atomic E-state index is 0. The molecule has 0 bridgehead atoms. The molecule has 3 nitrogen and oxygen atoms in total. The number of hydrogen-bond acceptors (Lipinski definition) is 3. The van der Waals surface area contributed by atoms with Crippen LogP contribution in [0.4, 0.5) is 0 Å². The summed E-state index contributed by atoms with van der Waals surface area (Å²) in [4.78, 5) is 0. The summed E-state index contributed by atoms with van der Waals surface area (Å²) in [6.45, 7) is 0. The summed E-state index contributed by atoms with van der Waals surface area (Å²) >= 11 is 0. The molecule has 0 unspecified atom stereocenters. The predicted octanol–water partition coefficient (Wildman–Crippen LogP) is -2.44. The van der Waals surface area contributed by atoms with Crippen LogP contribution in [0.3, 0.4) is 0 Å². The third kappa shape index (κ3) is 35.4. The van der Waals surface area contributed by atoms with Crippen LogP contribution in [0.25, 0.3) is 0 Å². The maximum Gasteiger partial charge on any atom is 2.00 e. The van der Waals surface area contributed by atoms with E-state index < -0.39 is 7.32 Å². The van der Waals surface area contributed by atoms with Gasteiger partial charge in [0.1, 0.15) is 0 Å². The molecule has 0 fully saturated rings. The molecule has 0 aliphatic heterocycles. The quantitative estimate of drug-likeness (QED) is 0.426. The second kappa shape index (κ2) is 10.2. The Morgan fingerprint density at radius 2 is 1.00 bits per heavy atom. The van der Waals surface area contributed by atoms with Gasteiger partial charge in [0.25, 0.3) is 0 Å². The van der Waals surface area contributed by atoms with E-state index >= 15 is 0 Å². The average Bonchev–Trinajstić information content (AvgIpc) is 0.811. The third-order valence-corrected chi connectivity index (χ3v) is 0. The van der Waals surface area contributed by atoms with Crippen LogP contribution in [0.2, 0.25) is 0 Å². The minimum atomic E-state index is -2.17. The molecular formula is H3BBaO3Zn+4. The molecule has 0 radical (unpaired) electrons. The SMILES string of the molecule is OB(O)O.[Ba+2].[Zn+2]. The van der Waals surface area contributed by atoms with Crippen LogP contribution < -0.4 is 0 Å². The first-order valence-corrected chi connectivity index (χ1v) is 0.775. The Hall–Kier alpha value is 2.14. The second-order valence-electron chi connectivity index (χ2n) is 0.346. The van der Waals surface area contributed by atoms with Gasteiger partial charge in [-0.3, -0.25) is 0 Å². The number of hydrogen-bond donors (Lipinski definition) is 3. The van der Waals surface area contributed by atoms with Gasteiger partial charge in [-0.2, -0.15) is 0 Å². The van der Waals surface area contributed by atoms with Crippen molar-refractivity contribution in [3.63, 3.8) is 0 Å². The molecule has 0 heterocycles. The van der Waals surface area contributed by atoms with Crippen LogP contribution in [0.15, 0.2) is 0 Å². The van der Waals surface area contributed by atoms with Crippen LogP contribution in [-0.2, 0) is 19.5 Å². The van der Waals surface area contributed by atoms with Crippen molar-refractivity contribution >= 4 is 56.2 Å². The van der Waals surface area contributed by atoms with Gasteiger partial charge < -0.3 is 15.1 Å². The van der Waals surface area contributed by atoms with Crippen molar-refractivity contribution < 1.29 is 34.6 Å². The van der Waals surface area contributed by atoms with Gasteiger partial charge in [-0.05, 0) is 0 Å². The zero-order valence-corrected chi connectivity index (χ0v) is 10.7. The van der Waals surface area contributed by atoms with E-state index in [2.05, 4.69) is 0 Å². The summed E-state index contributed by atoms with van der Waals surface area (Å²) in [5, 5.41) is 21.5. The maximum absolute atomic E-state index is 7.17. The Morgan fingerprint density at radius 1 is 1.00 bits per heavy atom. The van der Waals surface area contributed by atoms with E-state index in [0.29, 0.717) is 0 Å². The summed E-state index contributed by atoms with van der Waals surface area (Å²) in [7, 11) is -2.17. The Bertz CT molecular complexity index is 15.5. The molecule has 0 saturated heterocycles. The van der Waals surface area contributed by atoms with Crippen molar-refractivity contribution in [1.82, 2.24) is 0 Å². The zero-order chi connectivity index (χ0) is 3.58. The van der Waals surface area contributed by atoms with Crippen LogP contribution >= 0.6 is 0 Å². The van der Waals surface area contributed by atoms with Crippen molar-refractivity contribution in [2.45, 2.75) is 0 Å². The van der Waals surface area contributed by atoms with E-state index in [0.717, 1.165) is 0 Å². The van der Waals surface area contributed by atoms with Crippen LogP contribution in [0, 0.1) is 0 Å². The zero-order valence-electron chi connectivity index (χ0n) is 3.33. The monoisotopic (exact) mass is 264 g/mol. The average molecular weight is 265 g/mol. The van der Waals surface area contributed by atoms with Gasteiger partial charge in [0, 0.05) is 0 Å². The third-order valence-electron chi connectivity index (χ3n) is 0. The van der Waals surface area contributed by atoms with Gasteiger partial charge in [-0.1, -0.05) is 0 Å². The van der Waals surface area contributed by atoms with E-state index in [4.69, 9.17) is 15.1 Å². The molecule has 24 valence electrons. The van der Waals surface area contributed by atoms with E-state index in [1.807, 2.05) is 0 Å². The molecule has 3 N–H and O–H groups in total. The van der Waals surface area contributed by atoms with E-state index in [1.54, 1.807) is 0 Å². The standard InChI is InChI=1S/BH3O3.Ba.Zn/c2-1(3)4;;/h2-4H;;/q;2*+2. The fraction of sp³-hybridized carbons (Fsp3) is 0. The Labute approximate surface area is 89.1 Å². The van der Waals surface area contributed by atoms with Gasteiger partial charge in [0.05, 0.1) is 0 Å². The molecule has 6 heteroatoms. The maximum atomic E-state index is 7.17. The van der Waals surface area contributed by atoms with Gasteiger partial charge in [-0.25, -0.2) is 0 Å². The molecule has 0 aliphatic rings. The molecular weight excluding hydrogens is 262 g/mol. The van der Waals surface area contributed by atoms with Crippen LogP contribution in [0.1, 0.15) is 0 Å². The topological polar surface area (TPSA) is 60.7 Å². The molecule has 0 amide bonds. The molecule has 0 rings (SSSR count). The van der Waals surface area contributed by atoms with Gasteiger partial charge >= 0.3 is 75.7 Å². The van der Waals surface area contributed by atoms with Gasteiger partial charge in [0.2, 0.25) is 0 Å². The fourth-order valence-electron chi connectivity index (χ4n) is 0. The Balaban J connectivity index is -0.0000000450. The summed E-state index contributed by atoms with van der Waals surface area (Å²) in [6.07, 6.45) is 0. The molecule has 0 aliphatic carbocycles. The van der Waals surface area contributed by atoms with Crippen molar-refractivity contribution in [3.8, 4) is 0 Å². The summed E-state index contributed by atoms with van der Waals surface area (Å²) in [6, 6.07) is 0. The summed E-state index contributed by atoms with van der Waals surface area (Å²) in [5.74, 6) is 0. The van der Waals surface area contributed by atoms with Crippen LogP contribution in [-0.4, -0.2) is 71.3 Å². The normalized spacial score (nSPS) is 4.50. The molecule has 0 atom stereocenters. The molecule has 0 aromatic rings. The van der Waals surface area contributed by atoms with E-state index in [1.165, 1.54) is 0 Å². The van der Waals surface area contributed by atoms with Crippen molar-refractivity contribution in [3.05, 3.63) is 0 Å². The van der Waals surface area contributed by atoms with Crippen molar-refractivity contribution in [2.24, 2.45) is 0 Å². The minimum Gasteiger partial charge on any atom is -0.402 e. The first-order valence-electron chi connectivity index (χ1n) is 0.775. The first kappa shape index (κ1) is 15.7. The Morgan fingerprint density at radius 3 is 1.00 bits per heavy atom. The predicted molar refractivity (Wildman–Crippen MR) is 18.2 cm³/mol. The number of rotatable bonds is 0. The van der Waals surface area contributed by atoms with Crippen molar-refractivity contribution in [2.75, 3.05) is 0 Å². The van der Waals surface area contributed by atoms with Gasteiger partial charge in [-0.15, -0.1) is 0 Å². The smallest absolute Gasteiger partial charge is 0.402 e. The second-order valence-corrected chi connectivity index (χ2v) is 0.346. The van der Waals surface area contributed by atoms with E-state index in [-0.39, 0.29) is 68.4 Å². The van der Waals surface area contributed by atoms with Crippen molar-refractivity contribution in [1.29, 1.82) is 0 Å². The fourth-order valence-corrected chi connectivity index (χ4v) is 0. The Kier molecular flexibility index (Phi) is 26.7. The molecule has 0 saturated carbocycles. The molecule has 6 heavy (non-hydrogen) atoms.